The number of rotatable bonds is 6. The molecule has 5 rings (SSSR count). The molecule has 4 aromatic rings. The average molecular weight is 457 g/mol. The van der Waals surface area contributed by atoms with E-state index in [4.69, 9.17) is 9.97 Å². The average Bonchev–Trinajstić information content (AvgIpc) is 3.26. The van der Waals surface area contributed by atoms with Gasteiger partial charge in [0.25, 0.3) is 0 Å². The molecule has 0 amide bonds. The van der Waals surface area contributed by atoms with Crippen LogP contribution in [0.3, 0.4) is 0 Å². The molecule has 0 spiro atoms. The van der Waals surface area contributed by atoms with Crippen LogP contribution in [-0.4, -0.2) is 75.0 Å². The number of hydrogen-bond acceptors (Lipinski definition) is 7. The van der Waals surface area contributed by atoms with Gasteiger partial charge in [0.1, 0.15) is 17.4 Å². The van der Waals surface area contributed by atoms with Crippen molar-refractivity contribution in [1.82, 2.24) is 34.7 Å². The number of imidazole rings is 1. The molecule has 1 N–H and O–H groups in total. The van der Waals surface area contributed by atoms with Crippen LogP contribution in [0.2, 0.25) is 0 Å². The van der Waals surface area contributed by atoms with Crippen LogP contribution in [0.25, 0.3) is 11.2 Å². The molecule has 8 heteroatoms. The number of hydrogen-bond donors (Lipinski definition) is 1. The molecule has 1 fully saturated rings. The summed E-state index contributed by atoms with van der Waals surface area (Å²) < 4.78 is 0. The standard InChI is InChI=1S/C26H32N8/c1-18-7-5-10-27-20(18)17-33(4)24(22-19(2)8-6-11-28-22)26-30-23-21(9-12-29-25(23)31-26)34-15-13-32(3)14-16-34/h5-12,24H,13-17H2,1-4H3,(H,29,30,31). The maximum Gasteiger partial charge on any atom is 0.179 e. The lowest BCUT2D eigenvalue weighted by molar-refractivity contribution is 0.254. The highest BCUT2D eigenvalue weighted by atomic mass is 15.3. The number of aromatic nitrogens is 5. The van der Waals surface area contributed by atoms with E-state index >= 15 is 0 Å². The molecule has 4 aromatic heterocycles. The molecule has 1 aliphatic heterocycles. The molecule has 0 aromatic carbocycles. The topological polar surface area (TPSA) is 77.1 Å². The molecule has 0 radical (unpaired) electrons. The molecule has 1 atom stereocenters. The minimum Gasteiger partial charge on any atom is -0.367 e. The number of likely N-dealkylation sites (N-methyl/N-ethyl adjacent to an activating group) is 1. The van der Waals surface area contributed by atoms with Gasteiger partial charge in [-0.05, 0) is 57.3 Å². The van der Waals surface area contributed by atoms with Crippen molar-refractivity contribution in [2.45, 2.75) is 26.4 Å². The molecular weight excluding hydrogens is 424 g/mol. The third-order valence-corrected chi connectivity index (χ3v) is 6.76. The normalized spacial score (nSPS) is 15.9. The van der Waals surface area contributed by atoms with E-state index in [-0.39, 0.29) is 6.04 Å². The Morgan fingerprint density at radius 1 is 0.941 bits per heavy atom. The second-order valence-electron chi connectivity index (χ2n) is 9.23. The van der Waals surface area contributed by atoms with Gasteiger partial charge in [0.15, 0.2) is 5.65 Å². The number of pyridine rings is 3. The van der Waals surface area contributed by atoms with Crippen molar-refractivity contribution in [1.29, 1.82) is 0 Å². The fraction of sp³-hybridized carbons (Fsp3) is 0.385. The molecule has 5 heterocycles. The van der Waals surface area contributed by atoms with Crippen molar-refractivity contribution >= 4 is 16.9 Å². The maximum absolute atomic E-state index is 4.98. The molecule has 1 saturated heterocycles. The minimum absolute atomic E-state index is 0.155. The number of nitrogens with one attached hydrogen (secondary N) is 1. The van der Waals surface area contributed by atoms with Gasteiger partial charge in [-0.1, -0.05) is 12.1 Å². The van der Waals surface area contributed by atoms with Gasteiger partial charge < -0.3 is 14.8 Å². The Kier molecular flexibility index (Phi) is 6.26. The SMILES string of the molecule is Cc1cccnc1CN(C)C(c1nc2nccc(N3CCN(C)CC3)c2[nH]1)c1ncccc1C. The number of fused-ring (bicyclic) bond motifs is 1. The summed E-state index contributed by atoms with van der Waals surface area (Å²) in [4.78, 5) is 29.7. The first-order valence-corrected chi connectivity index (χ1v) is 11.8. The zero-order valence-electron chi connectivity index (χ0n) is 20.4. The van der Waals surface area contributed by atoms with Gasteiger partial charge in [0.2, 0.25) is 0 Å². The summed E-state index contributed by atoms with van der Waals surface area (Å²) in [5.74, 6) is 0.849. The molecule has 1 unspecified atom stereocenters. The molecule has 0 bridgehead atoms. The molecule has 176 valence electrons. The van der Waals surface area contributed by atoms with Crippen LogP contribution in [0.1, 0.15) is 34.4 Å². The largest absolute Gasteiger partial charge is 0.367 e. The van der Waals surface area contributed by atoms with Crippen LogP contribution in [-0.2, 0) is 6.54 Å². The van der Waals surface area contributed by atoms with E-state index in [0.29, 0.717) is 6.54 Å². The van der Waals surface area contributed by atoms with Crippen LogP contribution >= 0.6 is 0 Å². The van der Waals surface area contributed by atoms with Crippen LogP contribution in [0.4, 0.5) is 5.69 Å². The second kappa shape index (κ2) is 9.48. The third kappa shape index (κ3) is 4.38. The van der Waals surface area contributed by atoms with Crippen LogP contribution in [0.15, 0.2) is 48.9 Å². The van der Waals surface area contributed by atoms with Gasteiger partial charge in [0, 0.05) is 51.3 Å². The molecule has 0 saturated carbocycles. The number of aryl methyl sites for hydroxylation is 2. The zero-order chi connectivity index (χ0) is 23.7. The summed E-state index contributed by atoms with van der Waals surface area (Å²) in [5.41, 5.74) is 7.24. The Morgan fingerprint density at radius 3 is 2.41 bits per heavy atom. The van der Waals surface area contributed by atoms with Crippen molar-refractivity contribution in [3.8, 4) is 0 Å². The van der Waals surface area contributed by atoms with Crippen molar-refractivity contribution in [3.05, 3.63) is 77.3 Å². The number of aromatic amines is 1. The van der Waals surface area contributed by atoms with Gasteiger partial charge in [-0.3, -0.25) is 14.9 Å². The van der Waals surface area contributed by atoms with E-state index in [2.05, 4.69) is 75.8 Å². The number of piperazine rings is 1. The van der Waals surface area contributed by atoms with Gasteiger partial charge in [0.05, 0.1) is 17.1 Å². The van der Waals surface area contributed by atoms with Gasteiger partial charge in [-0.2, -0.15) is 0 Å². The summed E-state index contributed by atoms with van der Waals surface area (Å²) in [7, 11) is 4.28. The zero-order valence-corrected chi connectivity index (χ0v) is 20.4. The Labute approximate surface area is 200 Å². The van der Waals surface area contributed by atoms with Crippen LogP contribution in [0.5, 0.6) is 0 Å². The Bertz CT molecular complexity index is 1270. The molecule has 1 aliphatic rings. The van der Waals surface area contributed by atoms with Crippen LogP contribution < -0.4 is 4.90 Å². The van der Waals surface area contributed by atoms with Crippen molar-refractivity contribution in [2.24, 2.45) is 0 Å². The Balaban J connectivity index is 1.56. The molecule has 0 aliphatic carbocycles. The van der Waals surface area contributed by atoms with E-state index < -0.39 is 0 Å². The predicted molar refractivity (Wildman–Crippen MR) is 135 cm³/mol. The van der Waals surface area contributed by atoms with Crippen molar-refractivity contribution in [2.75, 3.05) is 45.2 Å². The third-order valence-electron chi connectivity index (χ3n) is 6.76. The van der Waals surface area contributed by atoms with Crippen LogP contribution in [0, 0.1) is 13.8 Å². The number of H-pyrrole nitrogens is 1. The minimum atomic E-state index is -0.155. The smallest absolute Gasteiger partial charge is 0.179 e. The van der Waals surface area contributed by atoms with Gasteiger partial charge >= 0.3 is 0 Å². The second-order valence-corrected chi connectivity index (χ2v) is 9.23. The fourth-order valence-corrected chi connectivity index (χ4v) is 4.70. The lowest BCUT2D eigenvalue weighted by atomic mass is 10.1. The van der Waals surface area contributed by atoms with E-state index in [1.54, 1.807) is 0 Å². The highest BCUT2D eigenvalue weighted by Gasteiger charge is 2.28. The lowest BCUT2D eigenvalue weighted by Crippen LogP contribution is -2.44. The van der Waals surface area contributed by atoms with Crippen molar-refractivity contribution in [3.63, 3.8) is 0 Å². The maximum atomic E-state index is 4.98. The monoisotopic (exact) mass is 456 g/mol. The Hall–Kier alpha value is -3.36. The fourth-order valence-electron chi connectivity index (χ4n) is 4.70. The number of nitrogens with zero attached hydrogens (tertiary/aromatic N) is 7. The quantitative estimate of drug-likeness (QED) is 0.477. The summed E-state index contributed by atoms with van der Waals surface area (Å²) in [6.07, 6.45) is 5.57. The highest BCUT2D eigenvalue weighted by Crippen LogP contribution is 2.32. The van der Waals surface area contributed by atoms with E-state index in [1.807, 2.05) is 30.7 Å². The summed E-state index contributed by atoms with van der Waals surface area (Å²) in [6.45, 7) is 8.97. The summed E-state index contributed by atoms with van der Waals surface area (Å²) in [6, 6.07) is 10.1. The van der Waals surface area contributed by atoms with Gasteiger partial charge in [-0.25, -0.2) is 9.97 Å². The molecular formula is C26H32N8. The van der Waals surface area contributed by atoms with Crippen molar-refractivity contribution < 1.29 is 0 Å². The predicted octanol–water partition coefficient (Wildman–Crippen LogP) is 3.34. The Morgan fingerprint density at radius 2 is 1.68 bits per heavy atom. The van der Waals surface area contributed by atoms with E-state index in [0.717, 1.165) is 65.8 Å². The number of anilines is 1. The summed E-state index contributed by atoms with van der Waals surface area (Å²) >= 11 is 0. The first-order chi connectivity index (χ1) is 16.5. The lowest BCUT2D eigenvalue weighted by Gasteiger charge is -2.34. The summed E-state index contributed by atoms with van der Waals surface area (Å²) in [5, 5.41) is 0. The highest BCUT2D eigenvalue weighted by molar-refractivity contribution is 5.86. The van der Waals surface area contributed by atoms with E-state index in [9.17, 15) is 0 Å². The molecule has 8 nitrogen and oxygen atoms in total. The first-order valence-electron chi connectivity index (χ1n) is 11.8. The van der Waals surface area contributed by atoms with Gasteiger partial charge in [-0.15, -0.1) is 0 Å². The van der Waals surface area contributed by atoms with E-state index in [1.165, 1.54) is 5.56 Å². The molecule has 34 heavy (non-hydrogen) atoms. The first kappa shape index (κ1) is 22.4.